The molecule has 0 aliphatic carbocycles. The molecule has 1 N–H and O–H groups in total. The Morgan fingerprint density at radius 3 is 2.79 bits per heavy atom. The summed E-state index contributed by atoms with van der Waals surface area (Å²) in [5, 5.41) is 11.6. The van der Waals surface area contributed by atoms with Crippen molar-refractivity contribution >= 4 is 11.5 Å². The Hall–Kier alpha value is -3.48. The van der Waals surface area contributed by atoms with Crippen molar-refractivity contribution in [2.75, 3.05) is 12.4 Å². The van der Waals surface area contributed by atoms with Gasteiger partial charge in [-0.05, 0) is 49.7 Å². The molecular weight excluding hydrogens is 357 g/mol. The highest BCUT2D eigenvalue weighted by atomic mass is 19.1. The number of hydrogen-bond donors (Lipinski definition) is 1. The van der Waals surface area contributed by atoms with Crippen molar-refractivity contribution in [3.05, 3.63) is 71.6 Å². The van der Waals surface area contributed by atoms with E-state index in [1.54, 1.807) is 24.7 Å². The summed E-state index contributed by atoms with van der Waals surface area (Å²) >= 11 is 0. The van der Waals surface area contributed by atoms with Gasteiger partial charge in [-0.25, -0.2) is 4.39 Å². The first-order valence-electron chi connectivity index (χ1n) is 8.90. The number of nitrogens with zero attached hydrogens (tertiary/aromatic N) is 4. The number of hydrogen-bond acceptors (Lipinski definition) is 5. The molecule has 4 aromatic rings. The van der Waals surface area contributed by atoms with E-state index >= 15 is 0 Å². The van der Waals surface area contributed by atoms with Crippen LogP contribution in [0.3, 0.4) is 0 Å². The number of fused-ring (bicyclic) bond motifs is 1. The van der Waals surface area contributed by atoms with Gasteiger partial charge in [0.15, 0.2) is 5.65 Å². The van der Waals surface area contributed by atoms with Gasteiger partial charge in [0.05, 0.1) is 7.11 Å². The molecule has 28 heavy (non-hydrogen) atoms. The van der Waals surface area contributed by atoms with Crippen LogP contribution in [0.15, 0.2) is 48.9 Å². The molecule has 142 valence electrons. The number of aromatic nitrogens is 4. The number of ether oxygens (including phenoxy) is 1. The van der Waals surface area contributed by atoms with Crippen LogP contribution in [0.2, 0.25) is 0 Å². The summed E-state index contributed by atoms with van der Waals surface area (Å²) in [4.78, 5) is 4.41. The summed E-state index contributed by atoms with van der Waals surface area (Å²) in [5.41, 5.74) is 5.23. The van der Waals surface area contributed by atoms with E-state index in [1.807, 2.05) is 36.4 Å². The normalized spacial score (nSPS) is 11.0. The second-order valence-electron chi connectivity index (χ2n) is 6.52. The molecular formula is C21H20FN5O. The summed E-state index contributed by atoms with van der Waals surface area (Å²) in [6.07, 6.45) is 3.44. The van der Waals surface area contributed by atoms with Gasteiger partial charge in [0.25, 0.3) is 0 Å². The maximum absolute atomic E-state index is 14.2. The summed E-state index contributed by atoms with van der Waals surface area (Å²) in [5.74, 6) is 0.948. The number of methoxy groups -OCH3 is 1. The topological polar surface area (TPSA) is 64.3 Å². The number of nitrogens with one attached hydrogen (secondary N) is 1. The largest absolute Gasteiger partial charge is 0.496 e. The Kier molecular flexibility index (Phi) is 4.65. The van der Waals surface area contributed by atoms with Crippen LogP contribution in [-0.2, 0) is 6.54 Å². The standard InChI is InChI=1S/C21H20FN5O/c1-13-9-10-23-14(2)20(13)15-7-8-19(27-12-25-26-21(15)27)24-11-16-17(22)5-4-6-18(16)28-3/h4-10,12,24H,11H2,1-3H3. The first kappa shape index (κ1) is 17.9. The van der Waals surface area contributed by atoms with Gasteiger partial charge >= 0.3 is 0 Å². The lowest BCUT2D eigenvalue weighted by Gasteiger charge is -2.15. The van der Waals surface area contributed by atoms with E-state index in [9.17, 15) is 4.39 Å². The third kappa shape index (κ3) is 3.05. The van der Waals surface area contributed by atoms with Crippen LogP contribution in [0, 0.1) is 19.7 Å². The molecule has 0 amide bonds. The molecule has 0 fully saturated rings. The molecule has 0 unspecified atom stereocenters. The monoisotopic (exact) mass is 377 g/mol. The Labute approximate surface area is 162 Å². The van der Waals surface area contributed by atoms with E-state index < -0.39 is 0 Å². The predicted molar refractivity (Wildman–Crippen MR) is 106 cm³/mol. The number of rotatable bonds is 5. The Morgan fingerprint density at radius 2 is 2.00 bits per heavy atom. The van der Waals surface area contributed by atoms with Crippen LogP contribution in [0.1, 0.15) is 16.8 Å². The molecule has 0 saturated carbocycles. The van der Waals surface area contributed by atoms with Gasteiger partial charge in [-0.2, -0.15) is 0 Å². The lowest BCUT2D eigenvalue weighted by atomic mass is 10.0. The molecule has 0 bridgehead atoms. The van der Waals surface area contributed by atoms with Crippen LogP contribution in [0.5, 0.6) is 5.75 Å². The first-order chi connectivity index (χ1) is 13.6. The fourth-order valence-corrected chi connectivity index (χ4v) is 3.43. The van der Waals surface area contributed by atoms with Crippen molar-refractivity contribution < 1.29 is 9.13 Å². The third-order valence-corrected chi connectivity index (χ3v) is 4.82. The van der Waals surface area contributed by atoms with Gasteiger partial charge in [0.2, 0.25) is 0 Å². The fourth-order valence-electron chi connectivity index (χ4n) is 3.43. The van der Waals surface area contributed by atoms with E-state index in [0.29, 0.717) is 17.0 Å². The molecule has 0 aliphatic rings. The van der Waals surface area contributed by atoms with Crippen molar-refractivity contribution in [2.45, 2.75) is 20.4 Å². The number of benzene rings is 1. The van der Waals surface area contributed by atoms with E-state index in [0.717, 1.165) is 28.2 Å². The fraction of sp³-hybridized carbons (Fsp3) is 0.190. The highest BCUT2D eigenvalue weighted by Crippen LogP contribution is 2.31. The van der Waals surface area contributed by atoms with Crippen LogP contribution < -0.4 is 10.1 Å². The summed E-state index contributed by atoms with van der Waals surface area (Å²) in [6, 6.07) is 10.7. The second kappa shape index (κ2) is 7.26. The van der Waals surface area contributed by atoms with E-state index in [1.165, 1.54) is 13.2 Å². The number of anilines is 1. The van der Waals surface area contributed by atoms with Crippen LogP contribution in [0.25, 0.3) is 16.8 Å². The van der Waals surface area contributed by atoms with Crippen LogP contribution in [0.4, 0.5) is 10.2 Å². The second-order valence-corrected chi connectivity index (χ2v) is 6.52. The molecule has 0 saturated heterocycles. The molecule has 0 radical (unpaired) electrons. The summed E-state index contributed by atoms with van der Waals surface area (Å²) in [7, 11) is 1.53. The molecule has 3 aromatic heterocycles. The van der Waals surface area contributed by atoms with Crippen molar-refractivity contribution in [1.82, 2.24) is 19.6 Å². The quantitative estimate of drug-likeness (QED) is 0.566. The average Bonchev–Trinajstić information content (AvgIpc) is 3.18. The molecule has 6 nitrogen and oxygen atoms in total. The van der Waals surface area contributed by atoms with Crippen LogP contribution in [-0.4, -0.2) is 26.7 Å². The lowest BCUT2D eigenvalue weighted by molar-refractivity contribution is 0.405. The molecule has 1 aromatic carbocycles. The van der Waals surface area contributed by atoms with Gasteiger partial charge in [0.1, 0.15) is 23.7 Å². The maximum atomic E-state index is 14.2. The smallest absolute Gasteiger partial charge is 0.170 e. The summed E-state index contributed by atoms with van der Waals surface area (Å²) in [6.45, 7) is 4.30. The zero-order valence-electron chi connectivity index (χ0n) is 15.9. The minimum absolute atomic E-state index is 0.271. The van der Waals surface area contributed by atoms with E-state index in [2.05, 4.69) is 20.5 Å². The van der Waals surface area contributed by atoms with Crippen molar-refractivity contribution in [1.29, 1.82) is 0 Å². The number of halogens is 1. The highest BCUT2D eigenvalue weighted by Gasteiger charge is 2.15. The van der Waals surface area contributed by atoms with Crippen molar-refractivity contribution in [2.24, 2.45) is 0 Å². The number of pyridine rings is 2. The SMILES string of the molecule is COc1cccc(F)c1CNc1ccc(-c2c(C)ccnc2C)c2nncn12. The van der Waals surface area contributed by atoms with E-state index in [4.69, 9.17) is 4.74 Å². The highest BCUT2D eigenvalue weighted by molar-refractivity contribution is 5.82. The van der Waals surface area contributed by atoms with Gasteiger partial charge in [-0.15, -0.1) is 10.2 Å². The molecule has 0 spiro atoms. The third-order valence-electron chi connectivity index (χ3n) is 4.82. The molecule has 4 rings (SSSR count). The minimum atomic E-state index is -0.315. The Morgan fingerprint density at radius 1 is 1.14 bits per heavy atom. The van der Waals surface area contributed by atoms with Crippen molar-refractivity contribution in [3.63, 3.8) is 0 Å². The zero-order chi connectivity index (χ0) is 19.7. The van der Waals surface area contributed by atoms with Crippen molar-refractivity contribution in [3.8, 4) is 16.9 Å². The molecule has 3 heterocycles. The molecule has 7 heteroatoms. The minimum Gasteiger partial charge on any atom is -0.496 e. The predicted octanol–water partition coefficient (Wildman–Crippen LogP) is 4.17. The van der Waals surface area contributed by atoms with Gasteiger partial charge in [-0.1, -0.05) is 6.07 Å². The zero-order valence-corrected chi connectivity index (χ0v) is 15.9. The Bertz CT molecular complexity index is 1130. The average molecular weight is 377 g/mol. The van der Waals surface area contributed by atoms with Gasteiger partial charge < -0.3 is 10.1 Å². The Balaban J connectivity index is 1.73. The lowest BCUT2D eigenvalue weighted by Crippen LogP contribution is -2.07. The molecule has 0 atom stereocenters. The van der Waals surface area contributed by atoms with Gasteiger partial charge in [0, 0.05) is 35.1 Å². The number of aryl methyl sites for hydroxylation is 2. The first-order valence-corrected chi connectivity index (χ1v) is 8.90. The van der Waals surface area contributed by atoms with E-state index in [-0.39, 0.29) is 12.4 Å². The molecule has 0 aliphatic heterocycles. The van der Waals surface area contributed by atoms with Gasteiger partial charge in [-0.3, -0.25) is 9.38 Å². The summed E-state index contributed by atoms with van der Waals surface area (Å²) < 4.78 is 21.3. The van der Waals surface area contributed by atoms with Crippen LogP contribution >= 0.6 is 0 Å². The maximum Gasteiger partial charge on any atom is 0.170 e.